The fraction of sp³-hybridized carbons (Fsp3) is 0.154. The third kappa shape index (κ3) is 3.50. The largest absolute Gasteiger partial charge is 0.490 e. The Morgan fingerprint density at radius 2 is 2.19 bits per heavy atom. The first-order valence-electron chi connectivity index (χ1n) is 4.83. The van der Waals surface area contributed by atoms with Crippen molar-refractivity contribution in [1.29, 1.82) is 0 Å². The molecule has 0 atom stereocenters. The van der Waals surface area contributed by atoms with E-state index in [0.717, 1.165) is 0 Å². The topological polar surface area (TPSA) is 38.3 Å². The molecule has 0 unspecified atom stereocenters. The van der Waals surface area contributed by atoms with E-state index in [-0.39, 0.29) is 12.5 Å². The van der Waals surface area contributed by atoms with Gasteiger partial charge in [-0.1, -0.05) is 18.6 Å². The smallest absolute Gasteiger partial charge is 0.252 e. The molecule has 0 spiro atoms. The molecule has 82 valence electrons. The summed E-state index contributed by atoms with van der Waals surface area (Å²) in [6, 6.07) is 6.83. The van der Waals surface area contributed by atoms with Crippen LogP contribution in [0.2, 0.25) is 0 Å². The van der Waals surface area contributed by atoms with Gasteiger partial charge in [0.15, 0.2) is 0 Å². The highest BCUT2D eigenvalue weighted by Crippen LogP contribution is 2.11. The van der Waals surface area contributed by atoms with Gasteiger partial charge in [0.25, 0.3) is 5.91 Å². The summed E-state index contributed by atoms with van der Waals surface area (Å²) < 4.78 is 5.29. The van der Waals surface area contributed by atoms with E-state index < -0.39 is 0 Å². The molecule has 1 aromatic carbocycles. The molecule has 0 aliphatic rings. The van der Waals surface area contributed by atoms with Crippen LogP contribution in [0.25, 0.3) is 0 Å². The molecule has 0 aromatic heterocycles. The fourth-order valence-corrected chi connectivity index (χ4v) is 1.09. The molecule has 1 aromatic rings. The molecule has 0 bridgehead atoms. The van der Waals surface area contributed by atoms with E-state index in [2.05, 4.69) is 17.8 Å². The summed E-state index contributed by atoms with van der Waals surface area (Å²) in [6.07, 6.45) is 6.70. The zero-order valence-electron chi connectivity index (χ0n) is 8.90. The first kappa shape index (κ1) is 11.9. The summed E-state index contributed by atoms with van der Waals surface area (Å²) in [5.41, 5.74) is 0.557. The molecular weight excluding hydrogens is 202 g/mol. The van der Waals surface area contributed by atoms with Crippen LogP contribution in [-0.2, 0) is 0 Å². The Hall–Kier alpha value is -2.21. The number of rotatable bonds is 5. The number of nitrogens with one attached hydrogen (secondary N) is 1. The summed E-state index contributed by atoms with van der Waals surface area (Å²) in [4.78, 5) is 11.5. The molecule has 1 amide bonds. The van der Waals surface area contributed by atoms with E-state index in [4.69, 9.17) is 11.2 Å². The lowest BCUT2D eigenvalue weighted by molar-refractivity contribution is 0.0958. The number of hydrogen-bond donors (Lipinski definition) is 1. The highest BCUT2D eigenvalue weighted by molar-refractivity contribution is 5.94. The number of ether oxygens (including phenoxy) is 1. The summed E-state index contributed by atoms with van der Waals surface area (Å²) in [6.45, 7) is 4.22. The Bertz CT molecular complexity index is 401. The average molecular weight is 215 g/mol. The highest BCUT2D eigenvalue weighted by atomic mass is 16.5. The van der Waals surface area contributed by atoms with Gasteiger partial charge >= 0.3 is 0 Å². The zero-order valence-corrected chi connectivity index (χ0v) is 8.90. The molecule has 16 heavy (non-hydrogen) atoms. The maximum Gasteiger partial charge on any atom is 0.252 e. The molecule has 0 radical (unpaired) electrons. The molecule has 1 N–H and O–H groups in total. The minimum absolute atomic E-state index is 0.187. The van der Waals surface area contributed by atoms with Crippen LogP contribution >= 0.6 is 0 Å². The molecule has 0 heterocycles. The van der Waals surface area contributed by atoms with E-state index in [1.807, 2.05) is 0 Å². The van der Waals surface area contributed by atoms with Gasteiger partial charge in [0.05, 0.1) is 6.54 Å². The van der Waals surface area contributed by atoms with Crippen molar-refractivity contribution in [3.05, 3.63) is 42.5 Å². The fourth-order valence-electron chi connectivity index (χ4n) is 1.09. The van der Waals surface area contributed by atoms with Crippen LogP contribution in [0.3, 0.4) is 0 Å². The quantitative estimate of drug-likeness (QED) is 0.598. The van der Waals surface area contributed by atoms with Gasteiger partial charge in [-0.2, -0.15) is 0 Å². The van der Waals surface area contributed by atoms with E-state index >= 15 is 0 Å². The number of terminal acetylenes is 1. The molecule has 0 aliphatic carbocycles. The Kier molecular flexibility index (Phi) is 4.68. The Morgan fingerprint density at radius 3 is 2.75 bits per heavy atom. The van der Waals surface area contributed by atoms with Gasteiger partial charge in [-0.05, 0) is 24.3 Å². The zero-order chi connectivity index (χ0) is 11.8. The van der Waals surface area contributed by atoms with Crippen molar-refractivity contribution in [2.45, 2.75) is 0 Å². The molecule has 0 fully saturated rings. The highest BCUT2D eigenvalue weighted by Gasteiger charge is 2.03. The van der Waals surface area contributed by atoms with Crippen molar-refractivity contribution in [1.82, 2.24) is 5.32 Å². The van der Waals surface area contributed by atoms with Crippen LogP contribution in [0.5, 0.6) is 5.75 Å². The minimum Gasteiger partial charge on any atom is -0.490 e. The van der Waals surface area contributed by atoms with Crippen LogP contribution in [-0.4, -0.2) is 19.1 Å². The molecule has 0 saturated heterocycles. The van der Waals surface area contributed by atoms with E-state index in [0.29, 0.717) is 17.9 Å². The molecular formula is C13H13NO2. The van der Waals surface area contributed by atoms with Crippen LogP contribution < -0.4 is 10.1 Å². The molecule has 0 saturated carbocycles. The summed E-state index contributed by atoms with van der Waals surface area (Å²) in [5.74, 6) is 2.86. The number of amides is 1. The first-order chi connectivity index (χ1) is 7.77. The molecule has 0 aliphatic heterocycles. The second-order valence-electron chi connectivity index (χ2n) is 3.01. The van der Waals surface area contributed by atoms with Gasteiger partial charge in [0.2, 0.25) is 0 Å². The van der Waals surface area contributed by atoms with E-state index in [1.54, 1.807) is 30.3 Å². The van der Waals surface area contributed by atoms with E-state index in [1.165, 1.54) is 0 Å². The number of carbonyl (C=O) groups is 1. The van der Waals surface area contributed by atoms with E-state index in [9.17, 15) is 4.79 Å². The summed E-state index contributed by atoms with van der Waals surface area (Å²) >= 11 is 0. The summed E-state index contributed by atoms with van der Waals surface area (Å²) in [7, 11) is 0. The van der Waals surface area contributed by atoms with Crippen molar-refractivity contribution >= 4 is 5.91 Å². The van der Waals surface area contributed by atoms with Crippen LogP contribution in [0.15, 0.2) is 36.9 Å². The van der Waals surface area contributed by atoms with Crippen LogP contribution in [0, 0.1) is 12.3 Å². The van der Waals surface area contributed by atoms with Crippen molar-refractivity contribution in [2.75, 3.05) is 13.2 Å². The minimum atomic E-state index is -0.187. The monoisotopic (exact) mass is 215 g/mol. The Labute approximate surface area is 95.1 Å². The lowest BCUT2D eigenvalue weighted by Crippen LogP contribution is -2.23. The molecule has 1 rings (SSSR count). The molecule has 3 heteroatoms. The van der Waals surface area contributed by atoms with Crippen molar-refractivity contribution in [2.24, 2.45) is 0 Å². The van der Waals surface area contributed by atoms with Crippen molar-refractivity contribution in [3.8, 4) is 18.1 Å². The van der Waals surface area contributed by atoms with Gasteiger partial charge in [-0.15, -0.1) is 6.42 Å². The average Bonchev–Trinajstić information content (AvgIpc) is 2.34. The third-order valence-electron chi connectivity index (χ3n) is 1.84. The maximum absolute atomic E-state index is 11.5. The predicted molar refractivity (Wildman–Crippen MR) is 63.3 cm³/mol. The second-order valence-corrected chi connectivity index (χ2v) is 3.01. The first-order valence-corrected chi connectivity index (χ1v) is 4.83. The SMILES string of the molecule is C#CCNC(=O)c1ccc(OCC=C)cc1. The normalized spacial score (nSPS) is 8.94. The lowest BCUT2D eigenvalue weighted by Gasteiger charge is -2.04. The summed E-state index contributed by atoms with van der Waals surface area (Å²) in [5, 5.41) is 2.58. The van der Waals surface area contributed by atoms with Crippen molar-refractivity contribution < 1.29 is 9.53 Å². The van der Waals surface area contributed by atoms with Crippen LogP contribution in [0.1, 0.15) is 10.4 Å². The van der Waals surface area contributed by atoms with Crippen molar-refractivity contribution in [3.63, 3.8) is 0 Å². The number of hydrogen-bond acceptors (Lipinski definition) is 2. The second kappa shape index (κ2) is 6.31. The van der Waals surface area contributed by atoms with Gasteiger partial charge in [-0.3, -0.25) is 4.79 Å². The number of carbonyl (C=O) groups excluding carboxylic acids is 1. The maximum atomic E-state index is 11.5. The number of benzene rings is 1. The van der Waals surface area contributed by atoms with Crippen LogP contribution in [0.4, 0.5) is 0 Å². The lowest BCUT2D eigenvalue weighted by atomic mass is 10.2. The predicted octanol–water partition coefficient (Wildman–Crippen LogP) is 1.61. The van der Waals surface area contributed by atoms with Gasteiger partial charge in [-0.25, -0.2) is 0 Å². The Morgan fingerprint density at radius 1 is 1.50 bits per heavy atom. The molecule has 3 nitrogen and oxygen atoms in total. The van der Waals surface area contributed by atoms with Gasteiger partial charge in [0, 0.05) is 5.56 Å². The van der Waals surface area contributed by atoms with Gasteiger partial charge in [0.1, 0.15) is 12.4 Å². The third-order valence-corrected chi connectivity index (χ3v) is 1.84. The van der Waals surface area contributed by atoms with Gasteiger partial charge < -0.3 is 10.1 Å². The standard InChI is InChI=1S/C13H13NO2/c1-3-9-14-13(15)11-5-7-12(8-6-11)16-10-4-2/h1,4-8H,2,9-10H2,(H,14,15). The Balaban J connectivity index is 2.60.